The summed E-state index contributed by atoms with van der Waals surface area (Å²) in [6.07, 6.45) is 5.55. The van der Waals surface area contributed by atoms with Gasteiger partial charge in [0.25, 0.3) is 0 Å². The lowest BCUT2D eigenvalue weighted by molar-refractivity contribution is 0.106. The van der Waals surface area contributed by atoms with Crippen molar-refractivity contribution >= 4 is 0 Å². The number of likely N-dealkylation sites (tertiary alicyclic amines) is 1. The fraction of sp³-hybridized carbons (Fsp3) is 1.00. The van der Waals surface area contributed by atoms with E-state index in [0.717, 1.165) is 6.54 Å². The number of hydrogen-bond donors (Lipinski definition) is 1. The number of nitrogens with one attached hydrogen (secondary N) is 1. The molecule has 100 valence electrons. The van der Waals surface area contributed by atoms with Crippen LogP contribution < -0.4 is 5.32 Å². The Kier molecular flexibility index (Phi) is 4.83. The zero-order chi connectivity index (χ0) is 12.1. The Balaban J connectivity index is 1.79. The molecule has 0 aromatic rings. The molecular formula is C14H29N3. The number of rotatable bonds is 3. The van der Waals surface area contributed by atoms with Gasteiger partial charge in [0.15, 0.2) is 0 Å². The molecule has 0 bridgehead atoms. The molecule has 2 aliphatic rings. The van der Waals surface area contributed by atoms with E-state index in [4.69, 9.17) is 0 Å². The summed E-state index contributed by atoms with van der Waals surface area (Å²) in [6.45, 7) is 13.5. The topological polar surface area (TPSA) is 18.5 Å². The maximum absolute atomic E-state index is 3.55. The quantitative estimate of drug-likeness (QED) is 0.806. The molecule has 0 aliphatic carbocycles. The van der Waals surface area contributed by atoms with Gasteiger partial charge in [0, 0.05) is 25.2 Å². The van der Waals surface area contributed by atoms with Crippen LogP contribution in [0, 0.1) is 0 Å². The van der Waals surface area contributed by atoms with Gasteiger partial charge < -0.3 is 10.2 Å². The van der Waals surface area contributed by atoms with Gasteiger partial charge in [-0.3, -0.25) is 4.90 Å². The van der Waals surface area contributed by atoms with Crippen molar-refractivity contribution < 1.29 is 0 Å². The van der Waals surface area contributed by atoms with Gasteiger partial charge in [0.05, 0.1) is 0 Å². The smallest absolute Gasteiger partial charge is 0.0278 e. The molecule has 2 heterocycles. The Morgan fingerprint density at radius 1 is 0.941 bits per heavy atom. The standard InChI is InChI=1S/C14H29N3/c1-14(2)13-15-7-6-10-17(14)12-11-16-8-4-3-5-9-16/h15H,3-13H2,1-2H3. The van der Waals surface area contributed by atoms with E-state index in [1.54, 1.807) is 0 Å². The highest BCUT2D eigenvalue weighted by atomic mass is 15.2. The van der Waals surface area contributed by atoms with Crippen LogP contribution in [0.1, 0.15) is 39.5 Å². The fourth-order valence-electron chi connectivity index (χ4n) is 3.06. The highest BCUT2D eigenvalue weighted by molar-refractivity contribution is 4.87. The molecule has 3 nitrogen and oxygen atoms in total. The maximum atomic E-state index is 3.55. The van der Waals surface area contributed by atoms with Crippen molar-refractivity contribution in [2.24, 2.45) is 0 Å². The second kappa shape index (κ2) is 6.17. The zero-order valence-electron chi connectivity index (χ0n) is 11.7. The molecule has 0 saturated carbocycles. The van der Waals surface area contributed by atoms with Gasteiger partial charge in [0.2, 0.25) is 0 Å². The summed E-state index contributed by atoms with van der Waals surface area (Å²) in [6, 6.07) is 0. The molecule has 2 rings (SSSR count). The molecule has 0 radical (unpaired) electrons. The first-order valence-corrected chi connectivity index (χ1v) is 7.37. The number of hydrogen-bond acceptors (Lipinski definition) is 3. The lowest BCUT2D eigenvalue weighted by Crippen LogP contribution is -2.51. The Hall–Kier alpha value is -0.120. The van der Waals surface area contributed by atoms with Crippen LogP contribution in [0.25, 0.3) is 0 Å². The van der Waals surface area contributed by atoms with Gasteiger partial charge in [-0.2, -0.15) is 0 Å². The van der Waals surface area contributed by atoms with Gasteiger partial charge in [-0.1, -0.05) is 6.42 Å². The third-order valence-electron chi connectivity index (χ3n) is 4.33. The SMILES string of the molecule is CC1(C)CNCCCN1CCN1CCCCC1. The van der Waals surface area contributed by atoms with Crippen molar-refractivity contribution in [1.29, 1.82) is 0 Å². The van der Waals surface area contributed by atoms with Crippen molar-refractivity contribution in [1.82, 2.24) is 15.1 Å². The molecule has 0 spiro atoms. The van der Waals surface area contributed by atoms with Gasteiger partial charge in [-0.05, 0) is 59.3 Å². The average Bonchev–Trinajstić information content (AvgIpc) is 2.49. The molecule has 1 N–H and O–H groups in total. The third-order valence-corrected chi connectivity index (χ3v) is 4.33. The van der Waals surface area contributed by atoms with E-state index in [1.165, 1.54) is 65.0 Å². The second-order valence-electron chi connectivity index (χ2n) is 6.23. The van der Waals surface area contributed by atoms with Crippen LogP contribution in [-0.4, -0.2) is 61.2 Å². The van der Waals surface area contributed by atoms with Crippen molar-refractivity contribution in [3.05, 3.63) is 0 Å². The maximum Gasteiger partial charge on any atom is 0.0278 e. The van der Waals surface area contributed by atoms with Crippen LogP contribution in [0.5, 0.6) is 0 Å². The van der Waals surface area contributed by atoms with Crippen LogP contribution >= 0.6 is 0 Å². The predicted octanol–water partition coefficient (Wildman–Crippen LogP) is 1.55. The zero-order valence-corrected chi connectivity index (χ0v) is 11.7. The summed E-state index contributed by atoms with van der Waals surface area (Å²) in [5.74, 6) is 0. The molecule has 17 heavy (non-hydrogen) atoms. The van der Waals surface area contributed by atoms with Gasteiger partial charge >= 0.3 is 0 Å². The number of piperidine rings is 1. The minimum absolute atomic E-state index is 0.326. The molecule has 2 fully saturated rings. The highest BCUT2D eigenvalue weighted by Gasteiger charge is 2.28. The Morgan fingerprint density at radius 2 is 1.71 bits per heavy atom. The second-order valence-corrected chi connectivity index (χ2v) is 6.23. The molecule has 0 atom stereocenters. The van der Waals surface area contributed by atoms with Crippen molar-refractivity contribution in [2.45, 2.75) is 45.1 Å². The summed E-state index contributed by atoms with van der Waals surface area (Å²) in [5.41, 5.74) is 0.326. The first-order valence-electron chi connectivity index (χ1n) is 7.37. The highest BCUT2D eigenvalue weighted by Crippen LogP contribution is 2.17. The lowest BCUT2D eigenvalue weighted by atomic mass is 10.0. The Bertz CT molecular complexity index is 222. The van der Waals surface area contributed by atoms with Crippen LogP contribution in [0.4, 0.5) is 0 Å². The van der Waals surface area contributed by atoms with Crippen molar-refractivity contribution in [3.8, 4) is 0 Å². The summed E-state index contributed by atoms with van der Waals surface area (Å²) >= 11 is 0. The Labute approximate surface area is 107 Å². The molecule has 0 unspecified atom stereocenters. The van der Waals surface area contributed by atoms with Gasteiger partial charge in [-0.15, -0.1) is 0 Å². The fourth-order valence-corrected chi connectivity index (χ4v) is 3.06. The minimum atomic E-state index is 0.326. The van der Waals surface area contributed by atoms with E-state index in [1.807, 2.05) is 0 Å². The molecular weight excluding hydrogens is 210 g/mol. The molecule has 3 heteroatoms. The summed E-state index contributed by atoms with van der Waals surface area (Å²) < 4.78 is 0. The molecule has 2 aliphatic heterocycles. The summed E-state index contributed by atoms with van der Waals surface area (Å²) in [5, 5.41) is 3.55. The third kappa shape index (κ3) is 3.94. The van der Waals surface area contributed by atoms with Crippen LogP contribution in [0.2, 0.25) is 0 Å². The van der Waals surface area contributed by atoms with Crippen LogP contribution in [0.3, 0.4) is 0 Å². The average molecular weight is 239 g/mol. The monoisotopic (exact) mass is 239 g/mol. The van der Waals surface area contributed by atoms with Crippen LogP contribution in [-0.2, 0) is 0 Å². The first kappa shape index (κ1) is 13.3. The van der Waals surface area contributed by atoms with Gasteiger partial charge in [0.1, 0.15) is 0 Å². The largest absolute Gasteiger partial charge is 0.315 e. The molecule has 0 aromatic carbocycles. The lowest BCUT2D eigenvalue weighted by Gasteiger charge is -2.38. The van der Waals surface area contributed by atoms with Crippen molar-refractivity contribution in [3.63, 3.8) is 0 Å². The van der Waals surface area contributed by atoms with Gasteiger partial charge in [-0.25, -0.2) is 0 Å². The summed E-state index contributed by atoms with van der Waals surface area (Å²) in [7, 11) is 0. The van der Waals surface area contributed by atoms with E-state index in [-0.39, 0.29) is 0 Å². The van der Waals surface area contributed by atoms with Crippen molar-refractivity contribution in [2.75, 3.05) is 45.8 Å². The summed E-state index contributed by atoms with van der Waals surface area (Å²) in [4.78, 5) is 5.33. The van der Waals surface area contributed by atoms with E-state index in [0.29, 0.717) is 5.54 Å². The molecule has 0 amide bonds. The minimum Gasteiger partial charge on any atom is -0.315 e. The van der Waals surface area contributed by atoms with Crippen LogP contribution in [0.15, 0.2) is 0 Å². The Morgan fingerprint density at radius 3 is 2.47 bits per heavy atom. The number of nitrogens with zero attached hydrogens (tertiary/aromatic N) is 2. The molecule has 2 saturated heterocycles. The molecule has 0 aromatic heterocycles. The predicted molar refractivity (Wildman–Crippen MR) is 73.4 cm³/mol. The first-order chi connectivity index (χ1) is 8.18. The van der Waals surface area contributed by atoms with E-state index in [9.17, 15) is 0 Å². The normalized spacial score (nSPS) is 27.9. The van der Waals surface area contributed by atoms with E-state index < -0.39 is 0 Å². The van der Waals surface area contributed by atoms with E-state index in [2.05, 4.69) is 29.0 Å². The van der Waals surface area contributed by atoms with E-state index >= 15 is 0 Å².